The molecule has 3 aromatic carbocycles. The van der Waals surface area contributed by atoms with Crippen LogP contribution in [-0.4, -0.2) is 12.0 Å². The molecule has 0 spiro atoms. The molecule has 124 valence electrons. The van der Waals surface area contributed by atoms with E-state index in [1.165, 1.54) is 0 Å². The molecule has 0 saturated carbocycles. The van der Waals surface area contributed by atoms with E-state index in [-0.39, 0.29) is 5.78 Å². The van der Waals surface area contributed by atoms with Crippen LogP contribution in [0.2, 0.25) is 0 Å². The van der Waals surface area contributed by atoms with Crippen molar-refractivity contribution < 1.29 is 9.53 Å². The van der Waals surface area contributed by atoms with Gasteiger partial charge < -0.3 is 4.74 Å². The van der Waals surface area contributed by atoms with E-state index >= 15 is 0 Å². The first kappa shape index (κ1) is 16.7. The average molecular weight is 329 g/mol. The first-order valence-electron chi connectivity index (χ1n) is 8.12. The first-order valence-corrected chi connectivity index (χ1v) is 8.12. The Balaban J connectivity index is 1.59. The Morgan fingerprint density at radius 1 is 0.920 bits per heavy atom. The summed E-state index contributed by atoms with van der Waals surface area (Å²) in [6.45, 7) is 2.11. The van der Waals surface area contributed by atoms with Crippen molar-refractivity contribution >= 4 is 17.7 Å². The molecule has 3 nitrogen and oxygen atoms in total. The van der Waals surface area contributed by atoms with E-state index in [1.807, 2.05) is 66.7 Å². The lowest BCUT2D eigenvalue weighted by molar-refractivity contribution is 0.101. The van der Waals surface area contributed by atoms with Gasteiger partial charge in [0, 0.05) is 11.8 Å². The van der Waals surface area contributed by atoms with Crippen molar-refractivity contribution in [3.63, 3.8) is 0 Å². The molecule has 0 aliphatic carbocycles. The monoisotopic (exact) mass is 329 g/mol. The number of aliphatic imine (C=N–C) groups is 1. The van der Waals surface area contributed by atoms with E-state index in [0.29, 0.717) is 12.2 Å². The number of carbonyl (C=O) groups is 1. The van der Waals surface area contributed by atoms with Crippen molar-refractivity contribution in [1.29, 1.82) is 0 Å². The largest absolute Gasteiger partial charge is 0.489 e. The van der Waals surface area contributed by atoms with Crippen LogP contribution in [0.1, 0.15) is 28.4 Å². The van der Waals surface area contributed by atoms with Crippen LogP contribution >= 0.6 is 0 Å². The molecule has 0 unspecified atom stereocenters. The second kappa shape index (κ2) is 8.06. The normalized spacial score (nSPS) is 10.8. The lowest BCUT2D eigenvalue weighted by atomic mass is 10.1. The molecule has 0 amide bonds. The summed E-state index contributed by atoms with van der Waals surface area (Å²) in [7, 11) is 0. The van der Waals surface area contributed by atoms with Gasteiger partial charge in [0.25, 0.3) is 0 Å². The molecular weight excluding hydrogens is 310 g/mol. The minimum atomic E-state index is 0.0571. The fourth-order valence-corrected chi connectivity index (χ4v) is 2.32. The molecule has 0 aliphatic heterocycles. The molecule has 0 N–H and O–H groups in total. The number of hydrogen-bond donors (Lipinski definition) is 0. The van der Waals surface area contributed by atoms with Gasteiger partial charge in [0.15, 0.2) is 5.78 Å². The van der Waals surface area contributed by atoms with Crippen LogP contribution in [0.5, 0.6) is 5.75 Å². The molecule has 0 saturated heterocycles. The highest BCUT2D eigenvalue weighted by Crippen LogP contribution is 2.16. The maximum Gasteiger partial charge on any atom is 0.159 e. The second-order valence-corrected chi connectivity index (χ2v) is 5.70. The maximum absolute atomic E-state index is 11.3. The number of carbonyl (C=O) groups excluding carboxylic acids is 1. The van der Waals surface area contributed by atoms with Gasteiger partial charge in [-0.2, -0.15) is 0 Å². The number of benzene rings is 3. The molecule has 0 heterocycles. The van der Waals surface area contributed by atoms with Gasteiger partial charge in [-0.1, -0.05) is 30.3 Å². The van der Waals surface area contributed by atoms with Crippen LogP contribution in [0.15, 0.2) is 83.9 Å². The summed E-state index contributed by atoms with van der Waals surface area (Å²) in [6, 6.07) is 25.1. The number of Topliss-reactive ketones (excluding diaryl/α,β-unsaturated/α-hetero) is 1. The van der Waals surface area contributed by atoms with Gasteiger partial charge in [0.05, 0.1) is 5.69 Å². The molecule has 0 aliphatic rings. The van der Waals surface area contributed by atoms with Gasteiger partial charge in [-0.25, -0.2) is 0 Å². The van der Waals surface area contributed by atoms with Gasteiger partial charge in [-0.3, -0.25) is 9.79 Å². The highest BCUT2D eigenvalue weighted by atomic mass is 16.5. The fraction of sp³-hybridized carbons (Fsp3) is 0.0909. The Morgan fingerprint density at radius 2 is 1.60 bits per heavy atom. The van der Waals surface area contributed by atoms with Crippen LogP contribution in [0.4, 0.5) is 5.69 Å². The Bertz CT molecular complexity index is 851. The predicted octanol–water partition coefficient (Wildman–Crippen LogP) is 5.22. The third-order valence-electron chi connectivity index (χ3n) is 3.76. The summed E-state index contributed by atoms with van der Waals surface area (Å²) < 4.78 is 5.77. The Hall–Kier alpha value is -3.20. The molecule has 3 heteroatoms. The summed E-state index contributed by atoms with van der Waals surface area (Å²) >= 11 is 0. The minimum Gasteiger partial charge on any atom is -0.489 e. The topological polar surface area (TPSA) is 38.7 Å². The van der Waals surface area contributed by atoms with E-state index < -0.39 is 0 Å². The zero-order chi connectivity index (χ0) is 17.5. The molecule has 3 rings (SSSR count). The van der Waals surface area contributed by atoms with Crippen LogP contribution in [-0.2, 0) is 6.61 Å². The Labute approximate surface area is 147 Å². The Morgan fingerprint density at radius 3 is 2.24 bits per heavy atom. The summed E-state index contributed by atoms with van der Waals surface area (Å²) in [4.78, 5) is 15.7. The third kappa shape index (κ3) is 4.88. The molecule has 0 atom stereocenters. The predicted molar refractivity (Wildman–Crippen MR) is 101 cm³/mol. The van der Waals surface area contributed by atoms with E-state index in [1.54, 1.807) is 25.3 Å². The SMILES string of the molecule is CC(=O)c1ccc(N=Cc2ccc(OCc3ccccc3)cc2)cc1. The van der Waals surface area contributed by atoms with Crippen molar-refractivity contribution in [3.8, 4) is 5.75 Å². The van der Waals surface area contributed by atoms with E-state index in [9.17, 15) is 4.79 Å². The van der Waals surface area contributed by atoms with Crippen LogP contribution < -0.4 is 4.74 Å². The lowest BCUT2D eigenvalue weighted by Gasteiger charge is -2.06. The average Bonchev–Trinajstić information content (AvgIpc) is 2.67. The number of nitrogens with zero attached hydrogens (tertiary/aromatic N) is 1. The Kier molecular flexibility index (Phi) is 5.37. The third-order valence-corrected chi connectivity index (χ3v) is 3.76. The molecule has 0 aromatic heterocycles. The van der Waals surface area contributed by atoms with Gasteiger partial charge >= 0.3 is 0 Å². The van der Waals surface area contributed by atoms with Crippen LogP contribution in [0.3, 0.4) is 0 Å². The summed E-state index contributed by atoms with van der Waals surface area (Å²) in [5.74, 6) is 0.883. The van der Waals surface area contributed by atoms with Gasteiger partial charge in [-0.15, -0.1) is 0 Å². The molecule has 0 fully saturated rings. The van der Waals surface area contributed by atoms with Gasteiger partial charge in [0.2, 0.25) is 0 Å². The maximum atomic E-state index is 11.3. The number of rotatable bonds is 6. The standard InChI is InChI=1S/C22H19NO2/c1-17(24)20-9-11-21(12-10-20)23-15-18-7-13-22(14-8-18)25-16-19-5-3-2-4-6-19/h2-15H,16H2,1H3. The summed E-state index contributed by atoms with van der Waals surface area (Å²) in [5, 5.41) is 0. The second-order valence-electron chi connectivity index (χ2n) is 5.70. The highest BCUT2D eigenvalue weighted by molar-refractivity contribution is 5.94. The van der Waals surface area contributed by atoms with E-state index in [2.05, 4.69) is 4.99 Å². The van der Waals surface area contributed by atoms with Crippen molar-refractivity contribution in [2.24, 2.45) is 4.99 Å². The van der Waals surface area contributed by atoms with Crippen molar-refractivity contribution in [1.82, 2.24) is 0 Å². The van der Waals surface area contributed by atoms with Crippen LogP contribution in [0, 0.1) is 0 Å². The smallest absolute Gasteiger partial charge is 0.159 e. The molecule has 3 aromatic rings. The summed E-state index contributed by atoms with van der Waals surface area (Å²) in [6.07, 6.45) is 1.80. The molecule has 25 heavy (non-hydrogen) atoms. The molecular formula is C22H19NO2. The zero-order valence-electron chi connectivity index (χ0n) is 14.1. The minimum absolute atomic E-state index is 0.0571. The van der Waals surface area contributed by atoms with Gasteiger partial charge in [-0.05, 0) is 66.6 Å². The number of hydrogen-bond acceptors (Lipinski definition) is 3. The van der Waals surface area contributed by atoms with Crippen LogP contribution in [0.25, 0.3) is 0 Å². The summed E-state index contributed by atoms with van der Waals surface area (Å²) in [5.41, 5.74) is 3.64. The van der Waals surface area contributed by atoms with Crippen molar-refractivity contribution in [2.75, 3.05) is 0 Å². The molecule has 0 bridgehead atoms. The number of ketones is 1. The highest BCUT2D eigenvalue weighted by Gasteiger charge is 1.98. The van der Waals surface area contributed by atoms with Crippen molar-refractivity contribution in [2.45, 2.75) is 13.5 Å². The van der Waals surface area contributed by atoms with Crippen molar-refractivity contribution in [3.05, 3.63) is 95.6 Å². The quantitative estimate of drug-likeness (QED) is 0.459. The number of ether oxygens (including phenoxy) is 1. The lowest BCUT2D eigenvalue weighted by Crippen LogP contribution is -1.95. The van der Waals surface area contributed by atoms with E-state index in [4.69, 9.17) is 4.74 Å². The zero-order valence-corrected chi connectivity index (χ0v) is 14.1. The van der Waals surface area contributed by atoms with Gasteiger partial charge in [0.1, 0.15) is 12.4 Å². The van der Waals surface area contributed by atoms with E-state index in [0.717, 1.165) is 22.6 Å². The fourth-order valence-electron chi connectivity index (χ4n) is 2.32. The first-order chi connectivity index (χ1) is 12.2. The molecule has 0 radical (unpaired) electrons.